The third-order valence-corrected chi connectivity index (χ3v) is 4.76. The number of piperazine rings is 3. The Bertz CT molecular complexity index is 646. The molecular formula is C17H22N4. The third kappa shape index (κ3) is 2.49. The molecule has 3 saturated heterocycles. The van der Waals surface area contributed by atoms with Crippen LogP contribution in [0.5, 0.6) is 0 Å². The molecule has 110 valence electrons. The van der Waals surface area contributed by atoms with Crippen molar-refractivity contribution < 1.29 is 0 Å². The van der Waals surface area contributed by atoms with Gasteiger partial charge in [0.15, 0.2) is 0 Å². The fraction of sp³-hybridized carbons (Fsp3) is 0.471. The Morgan fingerprint density at radius 2 is 2.00 bits per heavy atom. The van der Waals surface area contributed by atoms with Crippen LogP contribution in [0.1, 0.15) is 5.69 Å². The summed E-state index contributed by atoms with van der Waals surface area (Å²) in [6, 6.07) is 11.2. The Morgan fingerprint density at radius 1 is 1.19 bits per heavy atom. The quantitative estimate of drug-likeness (QED) is 0.932. The molecule has 4 nitrogen and oxygen atoms in total. The third-order valence-electron chi connectivity index (χ3n) is 4.76. The van der Waals surface area contributed by atoms with E-state index in [-0.39, 0.29) is 0 Å². The lowest BCUT2D eigenvalue weighted by molar-refractivity contribution is 0.0189. The number of hydrogen-bond donors (Lipinski definition) is 1. The lowest BCUT2D eigenvalue weighted by Gasteiger charge is -2.47. The molecule has 1 atom stereocenters. The molecule has 3 aliphatic heterocycles. The van der Waals surface area contributed by atoms with E-state index in [0.29, 0.717) is 6.04 Å². The highest BCUT2D eigenvalue weighted by Gasteiger charge is 2.31. The van der Waals surface area contributed by atoms with Crippen molar-refractivity contribution in [3.63, 3.8) is 0 Å². The number of nitrogens with zero attached hydrogens (tertiary/aromatic N) is 3. The van der Waals surface area contributed by atoms with E-state index in [2.05, 4.69) is 57.4 Å². The largest absolute Gasteiger partial charge is 0.383 e. The van der Waals surface area contributed by atoms with Crippen LogP contribution < -0.4 is 5.32 Å². The van der Waals surface area contributed by atoms with E-state index < -0.39 is 0 Å². The predicted molar refractivity (Wildman–Crippen MR) is 86.8 cm³/mol. The Balaban J connectivity index is 1.54. The molecule has 2 bridgehead atoms. The Morgan fingerprint density at radius 3 is 2.76 bits per heavy atom. The van der Waals surface area contributed by atoms with E-state index >= 15 is 0 Å². The number of hydrogen-bond acceptors (Lipinski definition) is 4. The van der Waals surface area contributed by atoms with Crippen molar-refractivity contribution in [1.82, 2.24) is 14.8 Å². The van der Waals surface area contributed by atoms with Crippen molar-refractivity contribution in [3.05, 3.63) is 36.0 Å². The van der Waals surface area contributed by atoms with Gasteiger partial charge in [0, 0.05) is 62.1 Å². The van der Waals surface area contributed by atoms with Crippen LogP contribution in [-0.4, -0.2) is 60.1 Å². The zero-order valence-corrected chi connectivity index (χ0v) is 12.5. The topological polar surface area (TPSA) is 31.4 Å². The Hall–Kier alpha value is -1.65. The van der Waals surface area contributed by atoms with Gasteiger partial charge in [0.25, 0.3) is 0 Å². The highest BCUT2D eigenvalue weighted by atomic mass is 15.3. The summed E-state index contributed by atoms with van der Waals surface area (Å²) < 4.78 is 0. The van der Waals surface area contributed by atoms with E-state index in [1.54, 1.807) is 0 Å². The summed E-state index contributed by atoms with van der Waals surface area (Å²) in [6.45, 7) is 9.22. The van der Waals surface area contributed by atoms with Gasteiger partial charge >= 0.3 is 0 Å². The minimum atomic E-state index is 0.639. The van der Waals surface area contributed by atoms with Crippen molar-refractivity contribution >= 4 is 16.6 Å². The molecule has 3 fully saturated rings. The van der Waals surface area contributed by atoms with Crippen molar-refractivity contribution in [2.75, 3.05) is 44.6 Å². The van der Waals surface area contributed by atoms with Gasteiger partial charge in [0.2, 0.25) is 0 Å². The maximum absolute atomic E-state index is 4.61. The van der Waals surface area contributed by atoms with Gasteiger partial charge in [-0.05, 0) is 19.1 Å². The highest BCUT2D eigenvalue weighted by Crippen LogP contribution is 2.24. The number of fused-ring (bicyclic) bond motifs is 4. The summed E-state index contributed by atoms with van der Waals surface area (Å²) in [5, 5.41) is 4.90. The molecule has 0 aliphatic carbocycles. The van der Waals surface area contributed by atoms with Gasteiger partial charge in [-0.15, -0.1) is 0 Å². The van der Waals surface area contributed by atoms with Crippen molar-refractivity contribution in [2.45, 2.75) is 13.0 Å². The zero-order chi connectivity index (χ0) is 14.2. The maximum atomic E-state index is 4.61. The second-order valence-electron chi connectivity index (χ2n) is 6.20. The number of para-hydroxylation sites is 1. The lowest BCUT2D eigenvalue weighted by Crippen LogP contribution is -2.62. The molecule has 1 unspecified atom stereocenters. The number of rotatable bonds is 3. The number of anilines is 1. The first kappa shape index (κ1) is 13.0. The standard InChI is InChI=1S/C17H22N4/c1-13-10-17(15-4-2-3-5-16(15)19-13)18-11-14-12-20-6-8-21(14)9-7-20/h2-5,10,14H,6-9,11-12H2,1H3,(H,18,19). The van der Waals surface area contributed by atoms with Crippen molar-refractivity contribution in [3.8, 4) is 0 Å². The lowest BCUT2D eigenvalue weighted by atomic mass is 10.1. The normalized spacial score (nSPS) is 28.0. The first-order chi connectivity index (χ1) is 10.3. The first-order valence-corrected chi connectivity index (χ1v) is 7.86. The van der Waals surface area contributed by atoms with Crippen LogP contribution in [-0.2, 0) is 0 Å². The summed E-state index contributed by atoms with van der Waals surface area (Å²) in [5.74, 6) is 0. The molecule has 1 aromatic heterocycles. The maximum Gasteiger partial charge on any atom is 0.0725 e. The molecule has 3 aliphatic rings. The van der Waals surface area contributed by atoms with Gasteiger partial charge in [-0.25, -0.2) is 0 Å². The van der Waals surface area contributed by atoms with Crippen LogP contribution in [0.25, 0.3) is 10.9 Å². The number of pyridine rings is 1. The van der Waals surface area contributed by atoms with Crippen LogP contribution in [0.15, 0.2) is 30.3 Å². The highest BCUT2D eigenvalue weighted by molar-refractivity contribution is 5.91. The van der Waals surface area contributed by atoms with E-state index in [4.69, 9.17) is 0 Å². The Labute approximate surface area is 125 Å². The van der Waals surface area contributed by atoms with Gasteiger partial charge in [-0.2, -0.15) is 0 Å². The molecule has 0 amide bonds. The summed E-state index contributed by atoms with van der Waals surface area (Å²) in [6.07, 6.45) is 0. The van der Waals surface area contributed by atoms with E-state index in [1.165, 1.54) is 43.8 Å². The molecule has 4 heterocycles. The molecule has 4 heteroatoms. The number of aromatic nitrogens is 1. The molecule has 0 saturated carbocycles. The SMILES string of the molecule is Cc1cc(NCC2CN3CCN2CC3)c2ccccc2n1. The second kappa shape index (κ2) is 5.28. The van der Waals surface area contributed by atoms with Crippen LogP contribution in [0.3, 0.4) is 0 Å². The summed E-state index contributed by atoms with van der Waals surface area (Å²) in [7, 11) is 0. The fourth-order valence-electron chi connectivity index (χ4n) is 3.60. The van der Waals surface area contributed by atoms with E-state index in [1.807, 2.05) is 0 Å². The van der Waals surface area contributed by atoms with Crippen molar-refractivity contribution in [2.24, 2.45) is 0 Å². The summed E-state index contributed by atoms with van der Waals surface area (Å²) in [5.41, 5.74) is 3.37. The van der Waals surface area contributed by atoms with E-state index in [9.17, 15) is 0 Å². The molecule has 2 aromatic rings. The summed E-state index contributed by atoms with van der Waals surface area (Å²) >= 11 is 0. The van der Waals surface area contributed by atoms with Gasteiger partial charge < -0.3 is 5.32 Å². The van der Waals surface area contributed by atoms with Crippen LogP contribution in [0.2, 0.25) is 0 Å². The smallest absolute Gasteiger partial charge is 0.0725 e. The molecule has 1 aromatic carbocycles. The average Bonchev–Trinajstić information content (AvgIpc) is 2.53. The number of nitrogens with one attached hydrogen (secondary N) is 1. The van der Waals surface area contributed by atoms with Gasteiger partial charge in [0.05, 0.1) is 5.52 Å². The van der Waals surface area contributed by atoms with Gasteiger partial charge in [0.1, 0.15) is 0 Å². The predicted octanol–water partition coefficient (Wildman–Crippen LogP) is 1.95. The zero-order valence-electron chi connectivity index (χ0n) is 12.5. The fourth-order valence-corrected chi connectivity index (χ4v) is 3.60. The van der Waals surface area contributed by atoms with Gasteiger partial charge in [-0.1, -0.05) is 18.2 Å². The molecule has 1 N–H and O–H groups in total. The Kier molecular flexibility index (Phi) is 3.28. The minimum Gasteiger partial charge on any atom is -0.383 e. The molecule has 5 rings (SSSR count). The van der Waals surface area contributed by atoms with Crippen LogP contribution in [0, 0.1) is 6.92 Å². The number of benzene rings is 1. The average molecular weight is 282 g/mol. The van der Waals surface area contributed by atoms with Crippen LogP contribution in [0.4, 0.5) is 5.69 Å². The molecule has 21 heavy (non-hydrogen) atoms. The monoisotopic (exact) mass is 282 g/mol. The summed E-state index contributed by atoms with van der Waals surface area (Å²) in [4.78, 5) is 9.82. The van der Waals surface area contributed by atoms with Gasteiger partial charge in [-0.3, -0.25) is 14.8 Å². The molecule has 0 radical (unpaired) electrons. The van der Waals surface area contributed by atoms with Crippen molar-refractivity contribution in [1.29, 1.82) is 0 Å². The van der Waals surface area contributed by atoms with Crippen LogP contribution >= 0.6 is 0 Å². The number of aryl methyl sites for hydroxylation is 1. The molecular weight excluding hydrogens is 260 g/mol. The van der Waals surface area contributed by atoms with E-state index in [0.717, 1.165) is 17.8 Å². The minimum absolute atomic E-state index is 0.639. The molecule has 0 spiro atoms. The second-order valence-corrected chi connectivity index (χ2v) is 6.20. The first-order valence-electron chi connectivity index (χ1n) is 7.86.